The smallest absolute Gasteiger partial charge is 0.224 e. The molecule has 4 nitrogen and oxygen atoms in total. The molecule has 2 fully saturated rings. The summed E-state index contributed by atoms with van der Waals surface area (Å²) < 4.78 is 0. The van der Waals surface area contributed by atoms with Gasteiger partial charge in [-0.3, -0.25) is 9.69 Å². The van der Waals surface area contributed by atoms with Crippen LogP contribution in [0.1, 0.15) is 37.8 Å². The number of halogens is 2. The molecule has 134 valence electrons. The summed E-state index contributed by atoms with van der Waals surface area (Å²) >= 11 is 6.38. The minimum absolute atomic E-state index is 0. The lowest BCUT2D eigenvalue weighted by molar-refractivity contribution is -0.132. The molecule has 3 rings (SSSR count). The summed E-state index contributed by atoms with van der Waals surface area (Å²) in [5.74, 6) is 0.298. The molecule has 0 aromatic heterocycles. The number of carbonyl (C=O) groups is 1. The molecule has 0 saturated carbocycles. The van der Waals surface area contributed by atoms with Crippen molar-refractivity contribution >= 4 is 29.9 Å². The third kappa shape index (κ3) is 4.42. The zero-order valence-electron chi connectivity index (χ0n) is 14.2. The van der Waals surface area contributed by atoms with E-state index in [0.29, 0.717) is 18.4 Å². The molecule has 24 heavy (non-hydrogen) atoms. The summed E-state index contributed by atoms with van der Waals surface area (Å²) in [6, 6.07) is 8.69. The highest BCUT2D eigenvalue weighted by Gasteiger charge is 2.28. The van der Waals surface area contributed by atoms with Gasteiger partial charge in [0, 0.05) is 56.3 Å². The fourth-order valence-electron chi connectivity index (χ4n) is 3.75. The minimum atomic E-state index is 0. The lowest BCUT2D eigenvalue weighted by Gasteiger charge is -2.37. The first-order valence-corrected chi connectivity index (χ1v) is 9.03. The lowest BCUT2D eigenvalue weighted by atomic mass is 10.0. The van der Waals surface area contributed by atoms with E-state index in [-0.39, 0.29) is 18.4 Å². The largest absolute Gasteiger partial charge is 0.340 e. The highest BCUT2D eigenvalue weighted by Crippen LogP contribution is 2.28. The van der Waals surface area contributed by atoms with Crippen LogP contribution < -0.4 is 5.32 Å². The van der Waals surface area contributed by atoms with E-state index < -0.39 is 0 Å². The molecule has 2 unspecified atom stereocenters. The molecule has 1 aromatic rings. The van der Waals surface area contributed by atoms with Crippen molar-refractivity contribution in [1.82, 2.24) is 15.1 Å². The zero-order chi connectivity index (χ0) is 16.2. The summed E-state index contributed by atoms with van der Waals surface area (Å²) in [4.78, 5) is 16.9. The second-order valence-corrected chi connectivity index (χ2v) is 7.01. The zero-order valence-corrected chi connectivity index (χ0v) is 15.8. The van der Waals surface area contributed by atoms with Crippen LogP contribution >= 0.6 is 24.0 Å². The van der Waals surface area contributed by atoms with Gasteiger partial charge in [-0.2, -0.15) is 0 Å². The highest BCUT2D eigenvalue weighted by atomic mass is 35.5. The fourth-order valence-corrected chi connectivity index (χ4v) is 4.01. The van der Waals surface area contributed by atoms with E-state index in [2.05, 4.69) is 23.2 Å². The van der Waals surface area contributed by atoms with Gasteiger partial charge < -0.3 is 10.2 Å². The van der Waals surface area contributed by atoms with Gasteiger partial charge in [0.15, 0.2) is 0 Å². The average Bonchev–Trinajstić information content (AvgIpc) is 3.00. The number of carbonyl (C=O) groups excluding carboxylic acids is 1. The standard InChI is InChI=1S/C18H26ClN3O.ClH/c1-14-5-4-10-22(14)18(23)8-11-21-12-9-20-13-17(21)15-6-2-3-7-16(15)19;/h2-3,6-7,14,17,20H,4-5,8-13H2,1H3;1H. The van der Waals surface area contributed by atoms with Crippen molar-refractivity contribution in [1.29, 1.82) is 0 Å². The van der Waals surface area contributed by atoms with Gasteiger partial charge in [0.25, 0.3) is 0 Å². The van der Waals surface area contributed by atoms with Crippen LogP contribution in [0, 0.1) is 0 Å². The Morgan fingerprint density at radius 1 is 1.33 bits per heavy atom. The Balaban J connectivity index is 0.00000208. The van der Waals surface area contributed by atoms with Crippen molar-refractivity contribution in [3.63, 3.8) is 0 Å². The number of benzene rings is 1. The van der Waals surface area contributed by atoms with Gasteiger partial charge in [-0.15, -0.1) is 12.4 Å². The maximum absolute atomic E-state index is 12.5. The van der Waals surface area contributed by atoms with Gasteiger partial charge in [-0.1, -0.05) is 29.8 Å². The van der Waals surface area contributed by atoms with Crippen LogP contribution in [-0.2, 0) is 4.79 Å². The van der Waals surface area contributed by atoms with Crippen molar-refractivity contribution in [2.24, 2.45) is 0 Å². The summed E-state index contributed by atoms with van der Waals surface area (Å²) in [6.45, 7) is 6.70. The number of rotatable bonds is 4. The molecular formula is C18H27Cl2N3O. The number of nitrogens with zero attached hydrogens (tertiary/aromatic N) is 2. The Labute approximate surface area is 155 Å². The predicted octanol–water partition coefficient (Wildman–Crippen LogP) is 3.11. The van der Waals surface area contributed by atoms with E-state index in [1.54, 1.807) is 0 Å². The maximum atomic E-state index is 12.5. The van der Waals surface area contributed by atoms with E-state index in [0.717, 1.165) is 56.2 Å². The molecule has 1 aromatic carbocycles. The summed E-state index contributed by atoms with van der Waals surface area (Å²) in [6.07, 6.45) is 2.88. The predicted molar refractivity (Wildman–Crippen MR) is 101 cm³/mol. The maximum Gasteiger partial charge on any atom is 0.224 e. The van der Waals surface area contributed by atoms with Gasteiger partial charge in [0.2, 0.25) is 5.91 Å². The van der Waals surface area contributed by atoms with Crippen molar-refractivity contribution in [3.8, 4) is 0 Å². The molecule has 2 saturated heterocycles. The first kappa shape index (κ1) is 19.5. The quantitative estimate of drug-likeness (QED) is 0.882. The van der Waals surface area contributed by atoms with Crippen LogP contribution in [0.4, 0.5) is 0 Å². The number of amides is 1. The Hall–Kier alpha value is -0.810. The van der Waals surface area contributed by atoms with Crippen molar-refractivity contribution in [2.45, 2.75) is 38.3 Å². The van der Waals surface area contributed by atoms with Gasteiger partial charge in [-0.25, -0.2) is 0 Å². The van der Waals surface area contributed by atoms with Crippen LogP contribution in [0.25, 0.3) is 0 Å². The van der Waals surface area contributed by atoms with Gasteiger partial charge in [-0.05, 0) is 31.4 Å². The second-order valence-electron chi connectivity index (χ2n) is 6.61. The normalized spacial score (nSPS) is 24.7. The molecule has 0 radical (unpaired) electrons. The van der Waals surface area contributed by atoms with Gasteiger partial charge in [0.1, 0.15) is 0 Å². The molecule has 2 aliphatic heterocycles. The van der Waals surface area contributed by atoms with E-state index in [1.807, 2.05) is 23.1 Å². The molecular weight excluding hydrogens is 345 g/mol. The molecule has 1 amide bonds. The van der Waals surface area contributed by atoms with E-state index in [9.17, 15) is 4.79 Å². The van der Waals surface area contributed by atoms with E-state index in [1.165, 1.54) is 0 Å². The van der Waals surface area contributed by atoms with Crippen molar-refractivity contribution in [3.05, 3.63) is 34.9 Å². The Kier molecular flexibility index (Phi) is 7.35. The molecule has 1 N–H and O–H groups in total. The molecule has 2 aliphatic rings. The summed E-state index contributed by atoms with van der Waals surface area (Å²) in [5, 5.41) is 4.26. The monoisotopic (exact) mass is 371 g/mol. The highest BCUT2D eigenvalue weighted by molar-refractivity contribution is 6.31. The molecule has 0 bridgehead atoms. The first-order valence-electron chi connectivity index (χ1n) is 8.65. The van der Waals surface area contributed by atoms with Crippen molar-refractivity contribution in [2.75, 3.05) is 32.7 Å². The van der Waals surface area contributed by atoms with E-state index >= 15 is 0 Å². The Morgan fingerprint density at radius 2 is 2.12 bits per heavy atom. The lowest BCUT2D eigenvalue weighted by Crippen LogP contribution is -2.47. The Bertz CT molecular complexity index is 555. The minimum Gasteiger partial charge on any atom is -0.340 e. The summed E-state index contributed by atoms with van der Waals surface area (Å²) in [7, 11) is 0. The number of hydrogen-bond acceptors (Lipinski definition) is 3. The van der Waals surface area contributed by atoms with Gasteiger partial charge in [0.05, 0.1) is 0 Å². The number of likely N-dealkylation sites (tertiary alicyclic amines) is 1. The SMILES string of the molecule is CC1CCCN1C(=O)CCN1CCNCC1c1ccccc1Cl.Cl. The fraction of sp³-hybridized carbons (Fsp3) is 0.611. The Morgan fingerprint density at radius 3 is 2.83 bits per heavy atom. The van der Waals surface area contributed by atoms with Crippen LogP contribution in [0.15, 0.2) is 24.3 Å². The molecule has 6 heteroatoms. The van der Waals surface area contributed by atoms with Gasteiger partial charge >= 0.3 is 0 Å². The first-order chi connectivity index (χ1) is 11.2. The van der Waals surface area contributed by atoms with E-state index in [4.69, 9.17) is 11.6 Å². The van der Waals surface area contributed by atoms with Crippen molar-refractivity contribution < 1.29 is 4.79 Å². The average molecular weight is 372 g/mol. The molecule has 0 aliphatic carbocycles. The van der Waals surface area contributed by atoms with Crippen LogP contribution in [-0.4, -0.2) is 54.5 Å². The number of hydrogen-bond donors (Lipinski definition) is 1. The number of nitrogens with one attached hydrogen (secondary N) is 1. The molecule has 2 heterocycles. The third-order valence-corrected chi connectivity index (χ3v) is 5.45. The number of piperazine rings is 1. The second kappa shape index (κ2) is 9.04. The van der Waals surface area contributed by atoms with Crippen LogP contribution in [0.2, 0.25) is 5.02 Å². The van der Waals surface area contributed by atoms with Crippen LogP contribution in [0.5, 0.6) is 0 Å². The molecule has 0 spiro atoms. The topological polar surface area (TPSA) is 35.6 Å². The molecule has 2 atom stereocenters. The summed E-state index contributed by atoms with van der Waals surface area (Å²) in [5.41, 5.74) is 1.16. The van der Waals surface area contributed by atoms with Crippen LogP contribution in [0.3, 0.4) is 0 Å². The third-order valence-electron chi connectivity index (χ3n) is 5.10.